The van der Waals surface area contributed by atoms with Gasteiger partial charge in [0.25, 0.3) is 5.91 Å². The van der Waals surface area contributed by atoms with E-state index in [9.17, 15) is 19.1 Å². The first-order chi connectivity index (χ1) is 28.0. The van der Waals surface area contributed by atoms with Crippen molar-refractivity contribution in [1.29, 1.82) is 0 Å². The Kier molecular flexibility index (Phi) is 9.23. The van der Waals surface area contributed by atoms with Crippen LogP contribution in [0.1, 0.15) is 53.6 Å². The Bertz CT molecular complexity index is 2580. The summed E-state index contributed by atoms with van der Waals surface area (Å²) in [6.07, 6.45) is 10.8. The highest BCUT2D eigenvalue weighted by Gasteiger charge is 2.50. The summed E-state index contributed by atoms with van der Waals surface area (Å²) in [5.41, 5.74) is 0.861. The summed E-state index contributed by atoms with van der Waals surface area (Å²) >= 11 is 0. The Morgan fingerprint density at radius 2 is 1.91 bits per heavy atom. The predicted octanol–water partition coefficient (Wildman–Crippen LogP) is 6.69. The number of aromatic nitrogens is 3. The number of anilines is 2. The fraction of sp³-hybridized carbons (Fsp3) is 0.341. The number of aryl methyl sites for hydroxylation is 1. The largest absolute Gasteiger partial charge is 0.508 e. The van der Waals surface area contributed by atoms with Crippen molar-refractivity contribution in [3.05, 3.63) is 89.6 Å². The first kappa shape index (κ1) is 37.4. The number of terminal acetylenes is 1. The van der Waals surface area contributed by atoms with Crippen LogP contribution in [0.5, 0.6) is 11.8 Å². The number of carbonyl (C=O) groups excluding carboxylic acids is 2. The molecule has 0 saturated carbocycles. The minimum Gasteiger partial charge on any atom is -0.508 e. The molecule has 4 aliphatic heterocycles. The molecule has 14 heteroatoms. The second-order valence-electron chi connectivity index (χ2n) is 15.8. The third-order valence-electron chi connectivity index (χ3n) is 12.3. The van der Waals surface area contributed by atoms with Crippen LogP contribution in [0.2, 0.25) is 0 Å². The summed E-state index contributed by atoms with van der Waals surface area (Å²) in [6.45, 7) is 7.28. The van der Waals surface area contributed by atoms with Gasteiger partial charge in [0.05, 0.1) is 28.6 Å². The van der Waals surface area contributed by atoms with E-state index in [0.717, 1.165) is 43.9 Å². The molecule has 2 bridgehead atoms. The number of nitrogens with one attached hydrogen (secondary N) is 1. The number of alkyl halides is 1. The Morgan fingerprint density at radius 3 is 2.67 bits per heavy atom. The van der Waals surface area contributed by atoms with E-state index in [1.54, 1.807) is 18.2 Å². The van der Waals surface area contributed by atoms with Gasteiger partial charge in [0, 0.05) is 54.5 Å². The van der Waals surface area contributed by atoms with Crippen molar-refractivity contribution in [3.63, 3.8) is 0 Å². The molecule has 296 valence electrons. The van der Waals surface area contributed by atoms with E-state index >= 15 is 8.78 Å². The van der Waals surface area contributed by atoms with Gasteiger partial charge in [-0.1, -0.05) is 24.6 Å². The maximum atomic E-state index is 17.2. The van der Waals surface area contributed by atoms with Gasteiger partial charge >= 0.3 is 6.01 Å². The fourth-order valence-electron chi connectivity index (χ4n) is 9.59. The molecule has 3 aromatic carbocycles. The van der Waals surface area contributed by atoms with Gasteiger partial charge in [-0.25, -0.2) is 13.2 Å². The van der Waals surface area contributed by atoms with Gasteiger partial charge < -0.3 is 25.0 Å². The maximum absolute atomic E-state index is 17.2. The van der Waals surface area contributed by atoms with Crippen LogP contribution in [0.4, 0.5) is 24.7 Å². The number of phenols is 1. The second kappa shape index (κ2) is 14.3. The minimum atomic E-state index is -0.982. The molecule has 4 fully saturated rings. The van der Waals surface area contributed by atoms with Gasteiger partial charge in [0.15, 0.2) is 5.82 Å². The monoisotopic (exact) mass is 787 g/mol. The molecule has 4 unspecified atom stereocenters. The smallest absolute Gasteiger partial charge is 0.319 e. The third kappa shape index (κ3) is 6.25. The Balaban J connectivity index is 1.11. The average Bonchev–Trinajstić information content (AvgIpc) is 3.83. The van der Waals surface area contributed by atoms with Crippen LogP contribution in [-0.2, 0) is 4.79 Å². The third-order valence-corrected chi connectivity index (χ3v) is 12.3. The van der Waals surface area contributed by atoms with E-state index < -0.39 is 23.3 Å². The maximum Gasteiger partial charge on any atom is 0.319 e. The SMILES string of the molecule is C#Cc1c(F)ccc2cc(O)cc(-c3ncc4c(N5CC6CCC(C5)N6C(=O)c5cc(NC(=O)C=C)ccc5C)nc(OCC56CCCN5CC(F)C6)nc4c3F)c12. The van der Waals surface area contributed by atoms with Crippen LogP contribution >= 0.6 is 0 Å². The molecule has 4 atom stereocenters. The molecule has 2 aromatic heterocycles. The predicted molar refractivity (Wildman–Crippen MR) is 214 cm³/mol. The number of halogens is 3. The van der Waals surface area contributed by atoms with Crippen molar-refractivity contribution in [2.45, 2.75) is 62.8 Å². The number of pyridine rings is 1. The molecule has 2 N–H and O–H groups in total. The Hall–Kier alpha value is -6.20. The molecular formula is C44H40F3N7O4. The number of carbonyl (C=O) groups is 2. The molecule has 58 heavy (non-hydrogen) atoms. The summed E-state index contributed by atoms with van der Waals surface area (Å²) in [6, 6.07) is 10.0. The zero-order valence-electron chi connectivity index (χ0n) is 31.8. The lowest BCUT2D eigenvalue weighted by Gasteiger charge is -2.42. The van der Waals surface area contributed by atoms with Crippen LogP contribution in [0.3, 0.4) is 0 Å². The lowest BCUT2D eigenvalue weighted by Crippen LogP contribution is -2.56. The number of amides is 2. The molecular weight excluding hydrogens is 748 g/mol. The van der Waals surface area contributed by atoms with Crippen LogP contribution in [0.25, 0.3) is 32.9 Å². The highest BCUT2D eigenvalue weighted by Crippen LogP contribution is 2.43. The van der Waals surface area contributed by atoms with Crippen LogP contribution < -0.4 is 15.0 Å². The summed E-state index contributed by atoms with van der Waals surface area (Å²) < 4.78 is 53.2. The number of phenolic OH excluding ortho intramolecular Hbond substituents is 1. The van der Waals surface area contributed by atoms with E-state index in [2.05, 4.69) is 32.7 Å². The van der Waals surface area contributed by atoms with E-state index in [4.69, 9.17) is 16.1 Å². The number of hydrogen-bond acceptors (Lipinski definition) is 9. The van der Waals surface area contributed by atoms with Crippen LogP contribution in [-0.4, -0.2) is 98.3 Å². The van der Waals surface area contributed by atoms with E-state index in [0.29, 0.717) is 48.5 Å². The second-order valence-corrected chi connectivity index (χ2v) is 15.8. The molecule has 0 aliphatic carbocycles. The number of hydrogen-bond donors (Lipinski definition) is 2. The summed E-state index contributed by atoms with van der Waals surface area (Å²) in [5.74, 6) is 0.456. The summed E-state index contributed by atoms with van der Waals surface area (Å²) in [5, 5.41) is 14.3. The number of aromatic hydroxyl groups is 1. The zero-order valence-corrected chi connectivity index (χ0v) is 31.8. The van der Waals surface area contributed by atoms with Gasteiger partial charge in [0.2, 0.25) is 5.91 Å². The normalized spacial score (nSPS) is 22.6. The molecule has 0 spiro atoms. The number of rotatable bonds is 8. The van der Waals surface area contributed by atoms with E-state index in [1.165, 1.54) is 30.5 Å². The summed E-state index contributed by atoms with van der Waals surface area (Å²) in [7, 11) is 0. The van der Waals surface area contributed by atoms with E-state index in [1.807, 2.05) is 16.7 Å². The zero-order chi connectivity index (χ0) is 40.5. The summed E-state index contributed by atoms with van der Waals surface area (Å²) in [4.78, 5) is 46.2. The highest BCUT2D eigenvalue weighted by atomic mass is 19.1. The van der Waals surface area contributed by atoms with Gasteiger partial charge in [-0.3, -0.25) is 19.5 Å². The van der Waals surface area contributed by atoms with Crippen molar-refractivity contribution in [3.8, 4) is 35.4 Å². The Labute approximate surface area is 332 Å². The molecule has 4 aliphatic rings. The number of nitrogens with zero attached hydrogens (tertiary/aromatic N) is 6. The van der Waals surface area contributed by atoms with Gasteiger partial charge in [-0.15, -0.1) is 6.42 Å². The van der Waals surface area contributed by atoms with Gasteiger partial charge in [-0.2, -0.15) is 9.97 Å². The molecule has 2 amide bonds. The first-order valence-corrected chi connectivity index (χ1v) is 19.4. The topological polar surface area (TPSA) is 124 Å². The lowest BCUT2D eigenvalue weighted by molar-refractivity contribution is -0.111. The fourth-order valence-corrected chi connectivity index (χ4v) is 9.59. The minimum absolute atomic E-state index is 0.0819. The van der Waals surface area contributed by atoms with Crippen molar-refractivity contribution in [1.82, 2.24) is 24.8 Å². The van der Waals surface area contributed by atoms with Crippen molar-refractivity contribution in [2.75, 3.05) is 43.0 Å². The van der Waals surface area contributed by atoms with Crippen molar-refractivity contribution >= 4 is 45.0 Å². The van der Waals surface area contributed by atoms with Crippen LogP contribution in [0, 0.1) is 30.9 Å². The average molecular weight is 788 g/mol. The van der Waals surface area contributed by atoms with E-state index in [-0.39, 0.29) is 75.4 Å². The molecule has 0 radical (unpaired) electrons. The first-order valence-electron chi connectivity index (χ1n) is 19.4. The van der Waals surface area contributed by atoms with Crippen molar-refractivity contribution < 1.29 is 32.6 Å². The molecule has 4 saturated heterocycles. The molecule has 5 aromatic rings. The number of piperazine rings is 1. The van der Waals surface area contributed by atoms with Gasteiger partial charge in [-0.05, 0) is 86.5 Å². The number of ether oxygens (including phenoxy) is 1. The van der Waals surface area contributed by atoms with Crippen molar-refractivity contribution in [2.24, 2.45) is 0 Å². The standard InChI is InChI=1S/C44H40F3N7O4/c1-4-31-35(46)12-8-25-15-30(55)17-33(37(25)31)39-38(47)40-34(19-48-39)41(51-43(50-40)58-23-44-13-6-14-53(44)20-26(45)18-44)52-21-28-10-11-29(22-52)54(28)42(57)32-16-27(9-7-24(32)3)49-36(56)5-2/h1,5,7-9,12,15-17,19,26,28-29,55H,2,6,10-11,13-14,18,20-23H2,3H3,(H,49,56). The Morgan fingerprint density at radius 1 is 1.12 bits per heavy atom. The number of benzene rings is 3. The van der Waals surface area contributed by atoms with Gasteiger partial charge in [0.1, 0.15) is 41.4 Å². The molecule has 11 nitrogen and oxygen atoms in total. The van der Waals surface area contributed by atoms with Crippen LogP contribution in [0.15, 0.2) is 61.3 Å². The number of fused-ring (bicyclic) bond motifs is 5. The molecule has 9 rings (SSSR count). The quantitative estimate of drug-likeness (QED) is 0.131. The lowest BCUT2D eigenvalue weighted by atomic mass is 9.95. The molecule has 6 heterocycles. The highest BCUT2D eigenvalue weighted by molar-refractivity contribution is 6.04.